The molecule has 0 spiro atoms. The van der Waals surface area contributed by atoms with Gasteiger partial charge in [-0.25, -0.2) is 0 Å². The summed E-state index contributed by atoms with van der Waals surface area (Å²) in [7, 11) is 0. The van der Waals surface area contributed by atoms with Crippen LogP contribution in [0, 0.1) is 0 Å². The van der Waals surface area contributed by atoms with E-state index in [0.717, 1.165) is 47.0 Å². The minimum atomic E-state index is -0.952. The molecule has 0 rings (SSSR count). The van der Waals surface area contributed by atoms with Crippen molar-refractivity contribution in [3.63, 3.8) is 0 Å². The molecule has 0 bridgehead atoms. The van der Waals surface area contributed by atoms with Gasteiger partial charge in [0.1, 0.15) is 28.1 Å². The largest absolute Gasteiger partial charge is 0.480 e. The van der Waals surface area contributed by atoms with Gasteiger partial charge in [-0.1, -0.05) is 92.3 Å². The number of carboxylic acids is 4. The molecule has 4 N–H and O–H groups in total. The maximum absolute atomic E-state index is 10.7. The lowest BCUT2D eigenvalue weighted by Crippen LogP contribution is -2.19. The SMILES string of the molecule is CCC(SC(=S)SC(C)C(=O)O)C(=O)O.CCC(SC(=S)SC(CC)C(=O)O)C(=O)O. The van der Waals surface area contributed by atoms with Crippen LogP contribution in [0.2, 0.25) is 0 Å². The van der Waals surface area contributed by atoms with Crippen LogP contribution in [0.25, 0.3) is 0 Å². The Morgan fingerprint density at radius 1 is 0.613 bits per heavy atom. The van der Waals surface area contributed by atoms with E-state index in [1.54, 1.807) is 20.8 Å². The van der Waals surface area contributed by atoms with Gasteiger partial charge < -0.3 is 20.4 Å². The van der Waals surface area contributed by atoms with Gasteiger partial charge in [-0.05, 0) is 26.2 Å². The first kappa shape index (κ1) is 32.6. The average molecular weight is 551 g/mol. The minimum Gasteiger partial charge on any atom is -0.480 e. The van der Waals surface area contributed by atoms with Crippen LogP contribution < -0.4 is 0 Å². The molecule has 0 saturated heterocycles. The number of hydrogen-bond acceptors (Lipinski definition) is 10. The fourth-order valence-corrected chi connectivity index (χ4v) is 6.81. The maximum atomic E-state index is 10.7. The van der Waals surface area contributed by atoms with Crippen molar-refractivity contribution in [2.75, 3.05) is 0 Å². The Morgan fingerprint density at radius 3 is 1.06 bits per heavy atom. The summed E-state index contributed by atoms with van der Waals surface area (Å²) in [5, 5.41) is 32.6. The molecule has 0 aromatic heterocycles. The van der Waals surface area contributed by atoms with E-state index in [1.165, 1.54) is 6.92 Å². The van der Waals surface area contributed by atoms with E-state index in [4.69, 9.17) is 44.9 Å². The predicted octanol–water partition coefficient (Wildman–Crippen LogP) is 4.54. The molecule has 14 heteroatoms. The molecule has 0 aliphatic carbocycles. The Hall–Kier alpha value is -0.540. The highest BCUT2D eigenvalue weighted by atomic mass is 32.2. The van der Waals surface area contributed by atoms with Crippen molar-refractivity contribution >= 4 is 102 Å². The van der Waals surface area contributed by atoms with Crippen LogP contribution in [0.4, 0.5) is 0 Å². The summed E-state index contributed by atoms with van der Waals surface area (Å²) in [6.45, 7) is 6.78. The molecule has 0 aliphatic rings. The number of hydrogen-bond donors (Lipinski definition) is 4. The highest BCUT2D eigenvalue weighted by molar-refractivity contribution is 8.48. The van der Waals surface area contributed by atoms with Crippen molar-refractivity contribution in [2.24, 2.45) is 0 Å². The Bertz CT molecular complexity index is 631. The van der Waals surface area contributed by atoms with Gasteiger partial charge in [0, 0.05) is 0 Å². The molecule has 0 aromatic carbocycles. The van der Waals surface area contributed by atoms with Gasteiger partial charge in [-0.2, -0.15) is 0 Å². The lowest BCUT2D eigenvalue weighted by Gasteiger charge is -2.12. The maximum Gasteiger partial charge on any atom is 0.317 e. The summed E-state index contributed by atoms with van der Waals surface area (Å²) >= 11 is 14.0. The highest BCUT2D eigenvalue weighted by Crippen LogP contribution is 2.29. The van der Waals surface area contributed by atoms with Crippen molar-refractivity contribution in [2.45, 2.75) is 68.0 Å². The van der Waals surface area contributed by atoms with Crippen LogP contribution in [0.5, 0.6) is 0 Å². The Morgan fingerprint density at radius 2 is 0.871 bits per heavy atom. The van der Waals surface area contributed by atoms with Crippen molar-refractivity contribution in [1.29, 1.82) is 0 Å². The number of thioether (sulfide) groups is 4. The van der Waals surface area contributed by atoms with E-state index in [2.05, 4.69) is 0 Å². The first-order valence-electron chi connectivity index (χ1n) is 8.96. The molecule has 0 fully saturated rings. The predicted molar refractivity (Wildman–Crippen MR) is 138 cm³/mol. The van der Waals surface area contributed by atoms with Gasteiger partial charge in [-0.3, -0.25) is 19.2 Å². The Kier molecular flexibility index (Phi) is 18.9. The van der Waals surface area contributed by atoms with E-state index in [9.17, 15) is 19.2 Å². The van der Waals surface area contributed by atoms with Crippen molar-refractivity contribution in [1.82, 2.24) is 0 Å². The van der Waals surface area contributed by atoms with Gasteiger partial charge >= 0.3 is 23.9 Å². The van der Waals surface area contributed by atoms with Gasteiger partial charge in [-0.15, -0.1) is 0 Å². The fourth-order valence-electron chi connectivity index (χ4n) is 1.52. The van der Waals surface area contributed by atoms with Gasteiger partial charge in [0.2, 0.25) is 0 Å². The molecule has 0 aliphatic heterocycles. The summed E-state index contributed by atoms with van der Waals surface area (Å²) in [6.07, 6.45) is 1.39. The second-order valence-electron chi connectivity index (χ2n) is 5.66. The second-order valence-corrected chi connectivity index (χ2v) is 13.0. The number of rotatable bonds is 11. The zero-order valence-corrected chi connectivity index (χ0v) is 22.2. The summed E-state index contributed by atoms with van der Waals surface area (Å²) in [4.78, 5) is 42.7. The molecular formula is C17H26O8S6. The van der Waals surface area contributed by atoms with E-state index in [1.807, 2.05) is 0 Å². The molecule has 0 amide bonds. The van der Waals surface area contributed by atoms with E-state index in [0.29, 0.717) is 26.3 Å². The third kappa shape index (κ3) is 15.8. The normalized spacial score (nSPS) is 14.2. The third-order valence-corrected chi connectivity index (χ3v) is 9.37. The zero-order valence-electron chi connectivity index (χ0n) is 17.3. The fraction of sp³-hybridized carbons (Fsp3) is 0.647. The van der Waals surface area contributed by atoms with Crippen molar-refractivity contribution in [3.8, 4) is 0 Å². The topological polar surface area (TPSA) is 149 Å². The molecule has 8 nitrogen and oxygen atoms in total. The van der Waals surface area contributed by atoms with E-state index >= 15 is 0 Å². The number of carbonyl (C=O) groups is 4. The van der Waals surface area contributed by atoms with E-state index < -0.39 is 44.9 Å². The summed E-state index contributed by atoms with van der Waals surface area (Å²) in [5.41, 5.74) is 0. The third-order valence-electron chi connectivity index (χ3n) is 3.27. The molecular weight excluding hydrogens is 525 g/mol. The summed E-state index contributed by atoms with van der Waals surface area (Å²) < 4.78 is 0.739. The second kappa shape index (κ2) is 18.0. The van der Waals surface area contributed by atoms with Gasteiger partial charge in [0.15, 0.2) is 0 Å². The molecule has 31 heavy (non-hydrogen) atoms. The molecule has 0 radical (unpaired) electrons. The van der Waals surface area contributed by atoms with Crippen molar-refractivity contribution in [3.05, 3.63) is 0 Å². The quantitative estimate of drug-likeness (QED) is 0.267. The minimum absolute atomic E-state index is 0.360. The van der Waals surface area contributed by atoms with E-state index in [-0.39, 0.29) is 0 Å². The summed E-state index contributed by atoms with van der Waals surface area (Å²) in [5.74, 6) is -3.71. The molecule has 0 heterocycles. The number of carboxylic acid groups (broad SMARTS) is 4. The van der Waals surface area contributed by atoms with Gasteiger partial charge in [0.25, 0.3) is 0 Å². The molecule has 0 saturated carbocycles. The van der Waals surface area contributed by atoms with Crippen LogP contribution >= 0.6 is 71.5 Å². The lowest BCUT2D eigenvalue weighted by molar-refractivity contribution is -0.137. The van der Waals surface area contributed by atoms with Crippen molar-refractivity contribution < 1.29 is 39.6 Å². The van der Waals surface area contributed by atoms with Crippen LogP contribution in [-0.2, 0) is 19.2 Å². The van der Waals surface area contributed by atoms with Crippen LogP contribution in [0.3, 0.4) is 0 Å². The molecule has 4 unspecified atom stereocenters. The van der Waals surface area contributed by atoms with Gasteiger partial charge in [0.05, 0.1) is 0 Å². The smallest absolute Gasteiger partial charge is 0.317 e. The number of thiocarbonyl (C=S) groups is 2. The highest BCUT2D eigenvalue weighted by Gasteiger charge is 2.23. The molecule has 178 valence electrons. The number of aliphatic carboxylic acids is 4. The lowest BCUT2D eigenvalue weighted by atomic mass is 10.3. The van der Waals surface area contributed by atoms with Crippen LogP contribution in [0.1, 0.15) is 47.0 Å². The Balaban J connectivity index is 0. The zero-order chi connectivity index (χ0) is 24.7. The molecule has 0 aromatic rings. The first-order chi connectivity index (χ1) is 14.3. The van der Waals surface area contributed by atoms with Crippen LogP contribution in [-0.4, -0.2) is 72.4 Å². The monoisotopic (exact) mass is 550 g/mol. The Labute approximate surface area is 209 Å². The first-order valence-corrected chi connectivity index (χ1v) is 13.3. The molecule has 4 atom stereocenters. The standard InChI is InChI=1S/C9H14O4S3.C8H12O4S3/c1-3-5(7(10)11)15-9(14)16-6(4-2)8(12)13;1-3-5(7(11)12)15-8(13)14-4(2)6(9)10/h5-6H,3-4H2,1-2H3,(H,10,11)(H,12,13);4-5H,3H2,1-2H3,(H,9,10)(H,11,12). The summed E-state index contributed by atoms with van der Waals surface area (Å²) in [6, 6.07) is 0. The van der Waals surface area contributed by atoms with Crippen LogP contribution in [0.15, 0.2) is 0 Å². The average Bonchev–Trinajstić information content (AvgIpc) is 2.67.